The molecule has 0 bridgehead atoms. The minimum absolute atomic E-state index is 0.199. The number of H-pyrrole nitrogens is 3. The molecule has 2 heterocycles. The maximum absolute atomic E-state index is 12.3. The van der Waals surface area contributed by atoms with Crippen LogP contribution in [-0.2, 0) is 0 Å². The van der Waals surface area contributed by atoms with Gasteiger partial charge in [0.05, 0.1) is 5.22 Å². The summed E-state index contributed by atoms with van der Waals surface area (Å²) >= 11 is 0. The van der Waals surface area contributed by atoms with E-state index in [0.717, 1.165) is 27.6 Å². The summed E-state index contributed by atoms with van der Waals surface area (Å²) in [6.45, 7) is 0. The molecule has 30 heavy (non-hydrogen) atoms. The van der Waals surface area contributed by atoms with Crippen molar-refractivity contribution in [3.8, 4) is 16.9 Å². The van der Waals surface area contributed by atoms with E-state index in [2.05, 4.69) is 27.3 Å². The number of fused-ring (bicyclic) bond motifs is 1. The third kappa shape index (κ3) is 3.44. The van der Waals surface area contributed by atoms with Crippen molar-refractivity contribution in [2.75, 3.05) is 0 Å². The normalized spacial score (nSPS) is 12.5. The Hall–Kier alpha value is -4.25. The first-order valence-electron chi connectivity index (χ1n) is 9.65. The van der Waals surface area contributed by atoms with Gasteiger partial charge in [0.25, 0.3) is 5.56 Å². The Balaban J connectivity index is 1.47. The van der Waals surface area contributed by atoms with Gasteiger partial charge >= 0.3 is 0 Å². The second-order valence-electron chi connectivity index (χ2n) is 6.97. The van der Waals surface area contributed by atoms with E-state index >= 15 is 0 Å². The fourth-order valence-electron chi connectivity index (χ4n) is 3.47. The van der Waals surface area contributed by atoms with E-state index in [9.17, 15) is 4.79 Å². The number of hydrogen-bond acceptors (Lipinski definition) is 2. The molecule has 0 saturated heterocycles. The van der Waals surface area contributed by atoms with Crippen LogP contribution in [0, 0.1) is 0 Å². The van der Waals surface area contributed by atoms with Gasteiger partial charge in [-0.15, -0.1) is 0 Å². The van der Waals surface area contributed by atoms with E-state index in [1.807, 2.05) is 79.0 Å². The second kappa shape index (κ2) is 7.64. The van der Waals surface area contributed by atoms with Crippen molar-refractivity contribution in [3.05, 3.63) is 112 Å². The molecule has 0 saturated carbocycles. The van der Waals surface area contributed by atoms with Crippen LogP contribution in [0.2, 0.25) is 0 Å². The van der Waals surface area contributed by atoms with Crippen molar-refractivity contribution >= 4 is 23.2 Å². The topological polar surface area (TPSA) is 73.7 Å². The number of hydrogen-bond donors (Lipinski definition) is 3. The van der Waals surface area contributed by atoms with Crippen LogP contribution in [0.5, 0.6) is 5.75 Å². The Bertz CT molecular complexity index is 1470. The molecule has 0 radical (unpaired) electrons. The number of ether oxygens (including phenoxy) is 1. The molecule has 5 aromatic rings. The van der Waals surface area contributed by atoms with Gasteiger partial charge in [-0.05, 0) is 35.4 Å². The predicted octanol–water partition coefficient (Wildman–Crippen LogP) is 3.50. The number of aromatic amines is 3. The molecule has 146 valence electrons. The molecule has 0 atom stereocenters. The Labute approximate surface area is 172 Å². The quantitative estimate of drug-likeness (QED) is 0.437. The molecule has 3 N–H and O–H groups in total. The number of nitrogens with one attached hydrogen (secondary N) is 3. The number of para-hydroxylation sites is 1. The van der Waals surface area contributed by atoms with Gasteiger partial charge in [-0.25, -0.2) is 0 Å². The van der Waals surface area contributed by atoms with E-state index in [4.69, 9.17) is 4.74 Å². The zero-order valence-electron chi connectivity index (χ0n) is 16.1. The van der Waals surface area contributed by atoms with Crippen LogP contribution in [0.3, 0.4) is 0 Å². The minimum Gasteiger partial charge on any atom is -0.463 e. The van der Waals surface area contributed by atoms with Crippen LogP contribution < -0.4 is 20.9 Å². The van der Waals surface area contributed by atoms with Gasteiger partial charge in [-0.2, -0.15) is 0 Å². The van der Waals surface area contributed by atoms with Crippen LogP contribution in [0.1, 0.15) is 5.56 Å². The molecule has 0 unspecified atom stereocenters. The highest BCUT2D eigenvalue weighted by Crippen LogP contribution is 2.22. The molecular weight excluding hydrogens is 374 g/mol. The van der Waals surface area contributed by atoms with Crippen molar-refractivity contribution < 1.29 is 4.74 Å². The summed E-state index contributed by atoms with van der Waals surface area (Å²) in [5, 5.41) is 7.67. The van der Waals surface area contributed by atoms with Crippen molar-refractivity contribution in [3.63, 3.8) is 0 Å². The van der Waals surface area contributed by atoms with Gasteiger partial charge in [0, 0.05) is 22.7 Å². The first-order chi connectivity index (χ1) is 14.8. The fraction of sp³-hybridized carbons (Fsp3) is 0. The maximum Gasteiger partial charge on any atom is 0.271 e. The van der Waals surface area contributed by atoms with Gasteiger partial charge in [-0.1, -0.05) is 60.7 Å². The van der Waals surface area contributed by atoms with Crippen molar-refractivity contribution in [1.82, 2.24) is 15.2 Å². The molecular formula is C25H19N3O2. The van der Waals surface area contributed by atoms with E-state index < -0.39 is 0 Å². The average molecular weight is 393 g/mol. The monoisotopic (exact) mass is 393 g/mol. The maximum atomic E-state index is 12.3. The summed E-state index contributed by atoms with van der Waals surface area (Å²) in [7, 11) is 0. The lowest BCUT2D eigenvalue weighted by molar-refractivity contribution is 0.537. The first kappa shape index (κ1) is 17.8. The summed E-state index contributed by atoms with van der Waals surface area (Å²) in [5.74, 6) is 0.690. The Morgan fingerprint density at radius 2 is 1.50 bits per heavy atom. The standard InChI is InChI=1S/C25H19N3O2/c29-25-22(14-19-15-26-23-9-5-4-8-21(19)23)24(27-28-25)16-30-20-12-10-18(11-13-20)17-6-2-1-3-7-17/h1-16,26-27H,(H,28,29). The third-order valence-electron chi connectivity index (χ3n) is 5.04. The zero-order valence-corrected chi connectivity index (χ0v) is 16.1. The van der Waals surface area contributed by atoms with Crippen molar-refractivity contribution in [1.29, 1.82) is 0 Å². The van der Waals surface area contributed by atoms with Gasteiger partial charge in [-0.3, -0.25) is 15.0 Å². The van der Waals surface area contributed by atoms with Crippen molar-refractivity contribution in [2.45, 2.75) is 0 Å². The Morgan fingerprint density at radius 1 is 0.767 bits per heavy atom. The molecule has 3 aromatic carbocycles. The summed E-state index contributed by atoms with van der Waals surface area (Å²) in [5.41, 5.74) is 4.04. The second-order valence-corrected chi connectivity index (χ2v) is 6.97. The van der Waals surface area contributed by atoms with Crippen molar-refractivity contribution in [2.24, 2.45) is 0 Å². The average Bonchev–Trinajstić information content (AvgIpc) is 3.37. The molecule has 5 heteroatoms. The molecule has 0 aliphatic carbocycles. The van der Waals surface area contributed by atoms with Gasteiger partial charge < -0.3 is 9.72 Å². The van der Waals surface area contributed by atoms with E-state index in [1.165, 1.54) is 0 Å². The lowest BCUT2D eigenvalue weighted by atomic mass is 10.1. The molecule has 5 nitrogen and oxygen atoms in total. The fourth-order valence-corrected chi connectivity index (χ4v) is 3.47. The lowest BCUT2D eigenvalue weighted by Crippen LogP contribution is -2.33. The van der Waals surface area contributed by atoms with Crippen LogP contribution >= 0.6 is 0 Å². The highest BCUT2D eigenvalue weighted by atomic mass is 16.5. The van der Waals surface area contributed by atoms with Gasteiger partial charge in [0.15, 0.2) is 0 Å². The summed E-state index contributed by atoms with van der Waals surface area (Å²) in [4.78, 5) is 15.5. The third-order valence-corrected chi connectivity index (χ3v) is 5.04. The zero-order chi connectivity index (χ0) is 20.3. The molecule has 0 aliphatic heterocycles. The van der Waals surface area contributed by atoms with E-state index in [1.54, 1.807) is 6.26 Å². The summed E-state index contributed by atoms with van der Waals surface area (Å²) in [6.07, 6.45) is 5.29. The van der Waals surface area contributed by atoms with Crippen LogP contribution in [0.25, 0.3) is 34.4 Å². The van der Waals surface area contributed by atoms with E-state index in [-0.39, 0.29) is 5.56 Å². The number of rotatable bonds is 4. The molecule has 2 aromatic heterocycles. The molecule has 0 aliphatic rings. The summed E-state index contributed by atoms with van der Waals surface area (Å²) in [6, 6.07) is 26.0. The number of aromatic nitrogens is 3. The number of benzene rings is 3. The SMILES string of the molecule is O=c1[nH][nH]c(=COc2ccc(-c3ccccc3)cc2)c1=Cc1c[nH]c2ccccc12. The Kier molecular flexibility index (Phi) is 4.54. The highest BCUT2D eigenvalue weighted by molar-refractivity contribution is 5.88. The summed E-state index contributed by atoms with van der Waals surface area (Å²) < 4.78 is 5.80. The Morgan fingerprint density at radius 3 is 2.33 bits per heavy atom. The lowest BCUT2D eigenvalue weighted by Gasteiger charge is -2.03. The minimum atomic E-state index is -0.199. The predicted molar refractivity (Wildman–Crippen MR) is 120 cm³/mol. The van der Waals surface area contributed by atoms with Gasteiger partial charge in [0.2, 0.25) is 0 Å². The van der Waals surface area contributed by atoms with Crippen LogP contribution in [0.4, 0.5) is 0 Å². The largest absolute Gasteiger partial charge is 0.463 e. The molecule has 5 rings (SSSR count). The molecule has 0 fully saturated rings. The van der Waals surface area contributed by atoms with Crippen LogP contribution in [-0.4, -0.2) is 15.2 Å². The highest BCUT2D eigenvalue weighted by Gasteiger charge is 2.03. The molecule has 0 amide bonds. The van der Waals surface area contributed by atoms with Gasteiger partial charge in [0.1, 0.15) is 17.4 Å². The van der Waals surface area contributed by atoms with E-state index in [0.29, 0.717) is 16.3 Å². The molecule has 0 spiro atoms. The smallest absolute Gasteiger partial charge is 0.271 e. The first-order valence-corrected chi connectivity index (χ1v) is 9.65. The van der Waals surface area contributed by atoms with Crippen LogP contribution in [0.15, 0.2) is 89.9 Å².